The molecule has 5 heavy (non-hydrogen) atoms. The SMILES string of the molecule is C[C](C)([SnH])I. The Bertz CT molecular complexity index is 22.4. The van der Waals surface area contributed by atoms with Crippen molar-refractivity contribution in [1.29, 1.82) is 0 Å². The van der Waals surface area contributed by atoms with E-state index < -0.39 is 0 Å². The van der Waals surface area contributed by atoms with Gasteiger partial charge in [0.1, 0.15) is 0 Å². The summed E-state index contributed by atoms with van der Waals surface area (Å²) in [7, 11) is 0. The van der Waals surface area contributed by atoms with E-state index in [1.54, 1.807) is 0 Å². The molecule has 0 amide bonds. The third-order valence-electron chi connectivity index (χ3n) is 0. The third-order valence-corrected chi connectivity index (χ3v) is 0. The molecule has 0 aliphatic heterocycles. The molecule has 0 aromatic heterocycles. The van der Waals surface area contributed by atoms with Crippen molar-refractivity contribution in [3.8, 4) is 0 Å². The topological polar surface area (TPSA) is 0 Å². The van der Waals surface area contributed by atoms with E-state index in [1.807, 2.05) is 0 Å². The number of alkyl halides is 1. The number of hydrogen-bond donors (Lipinski definition) is 0. The second-order valence-electron chi connectivity index (χ2n) is 1.56. The fourth-order valence-electron chi connectivity index (χ4n) is 0. The molecular formula is C3H7ISn. The predicted molar refractivity (Wildman–Crippen MR) is 35.2 cm³/mol. The summed E-state index contributed by atoms with van der Waals surface area (Å²) in [5.74, 6) is 0. The van der Waals surface area contributed by atoms with E-state index in [4.69, 9.17) is 0 Å². The monoisotopic (exact) mass is 290 g/mol. The fourth-order valence-corrected chi connectivity index (χ4v) is 0. The van der Waals surface area contributed by atoms with Crippen molar-refractivity contribution in [3.05, 3.63) is 0 Å². The quantitative estimate of drug-likeness (QED) is 0.355. The molecule has 2 radical (unpaired) electrons. The molecule has 0 fully saturated rings. The maximum absolute atomic E-state index is 2.44. The fraction of sp³-hybridized carbons (Fsp3) is 1.00. The van der Waals surface area contributed by atoms with Crippen molar-refractivity contribution in [2.75, 3.05) is 0 Å². The number of rotatable bonds is 0. The van der Waals surface area contributed by atoms with Gasteiger partial charge in [-0.15, -0.1) is 0 Å². The molecule has 0 saturated carbocycles. The van der Waals surface area contributed by atoms with E-state index in [0.29, 0.717) is 1.44 Å². The Morgan fingerprint density at radius 3 is 1.60 bits per heavy atom. The van der Waals surface area contributed by atoms with Crippen molar-refractivity contribution in [2.24, 2.45) is 0 Å². The van der Waals surface area contributed by atoms with Gasteiger partial charge in [0.2, 0.25) is 0 Å². The van der Waals surface area contributed by atoms with Crippen LogP contribution in [0.3, 0.4) is 0 Å². The summed E-state index contributed by atoms with van der Waals surface area (Å²) >= 11 is 3.79. The molecule has 30 valence electrons. The Balaban J connectivity index is 3.02. The van der Waals surface area contributed by atoms with E-state index >= 15 is 0 Å². The number of hydrogen-bond acceptors (Lipinski definition) is 0. The first kappa shape index (κ1) is 6.53. The Kier molecular flexibility index (Phi) is 2.61. The van der Waals surface area contributed by atoms with Gasteiger partial charge in [-0.1, -0.05) is 0 Å². The summed E-state index contributed by atoms with van der Waals surface area (Å²) in [6.45, 7) is 4.46. The molecule has 0 spiro atoms. The van der Waals surface area contributed by atoms with E-state index in [2.05, 4.69) is 36.4 Å². The van der Waals surface area contributed by atoms with Crippen LogP contribution in [0, 0.1) is 0 Å². The van der Waals surface area contributed by atoms with Gasteiger partial charge < -0.3 is 0 Å². The average molecular weight is 289 g/mol. The molecule has 0 heterocycles. The van der Waals surface area contributed by atoms with Gasteiger partial charge in [0.15, 0.2) is 0 Å². The Morgan fingerprint density at radius 1 is 1.60 bits per heavy atom. The molecule has 0 N–H and O–H groups in total. The Hall–Kier alpha value is 1.53. The van der Waals surface area contributed by atoms with E-state index in [1.165, 1.54) is 22.5 Å². The first-order chi connectivity index (χ1) is 2.00. The van der Waals surface area contributed by atoms with Crippen LogP contribution in [-0.4, -0.2) is 24.0 Å². The minimum absolute atomic E-state index is 0.600. The standard InChI is InChI=1S/C3H6I.Sn.H/c1-3(2)4;;/h1-2H3;;. The number of halogens is 1. The van der Waals surface area contributed by atoms with Gasteiger partial charge in [-0.25, -0.2) is 0 Å². The summed E-state index contributed by atoms with van der Waals surface area (Å²) in [6, 6.07) is 0. The van der Waals surface area contributed by atoms with Crippen molar-refractivity contribution in [3.63, 3.8) is 0 Å². The molecule has 0 nitrogen and oxygen atoms in total. The summed E-state index contributed by atoms with van der Waals surface area (Å²) in [6.07, 6.45) is 0. The molecule has 0 aromatic carbocycles. The summed E-state index contributed by atoms with van der Waals surface area (Å²) in [5, 5.41) is 0. The molecular weight excluding hydrogens is 282 g/mol. The zero-order valence-electron chi connectivity index (χ0n) is 3.46. The second-order valence-corrected chi connectivity index (χ2v) is 11.8. The van der Waals surface area contributed by atoms with Crippen LogP contribution in [0.4, 0.5) is 0 Å². The Morgan fingerprint density at radius 2 is 1.60 bits per heavy atom. The van der Waals surface area contributed by atoms with E-state index in [0.717, 1.165) is 0 Å². The molecule has 0 saturated heterocycles. The van der Waals surface area contributed by atoms with E-state index in [9.17, 15) is 0 Å². The van der Waals surface area contributed by atoms with Gasteiger partial charge in [-0.2, -0.15) is 0 Å². The molecule has 2 heteroatoms. The summed E-state index contributed by atoms with van der Waals surface area (Å²) < 4.78 is 0.600. The maximum atomic E-state index is 2.44. The summed E-state index contributed by atoms with van der Waals surface area (Å²) in [4.78, 5) is 0. The first-order valence-electron chi connectivity index (χ1n) is 1.48. The normalized spacial score (nSPS) is 12.0. The van der Waals surface area contributed by atoms with Gasteiger partial charge in [-0.3, -0.25) is 0 Å². The Labute approximate surface area is 59.9 Å². The zero-order valence-corrected chi connectivity index (χ0v) is 8.91. The zero-order chi connectivity index (χ0) is 4.50. The molecule has 0 unspecified atom stereocenters. The molecule has 0 bridgehead atoms. The molecule has 0 aromatic rings. The van der Waals surface area contributed by atoms with Gasteiger partial charge in [0.25, 0.3) is 0 Å². The summed E-state index contributed by atoms with van der Waals surface area (Å²) in [5.41, 5.74) is 0. The molecule has 0 aliphatic carbocycles. The minimum atomic E-state index is 0.600. The molecule has 0 rings (SSSR count). The van der Waals surface area contributed by atoms with Crippen LogP contribution in [-0.2, 0) is 0 Å². The predicted octanol–water partition coefficient (Wildman–Crippen LogP) is 1.06. The van der Waals surface area contributed by atoms with Crippen molar-refractivity contribution in [2.45, 2.75) is 15.3 Å². The molecule has 0 aliphatic rings. The van der Waals surface area contributed by atoms with Crippen molar-refractivity contribution < 1.29 is 0 Å². The van der Waals surface area contributed by atoms with Crippen LogP contribution < -0.4 is 0 Å². The van der Waals surface area contributed by atoms with Crippen LogP contribution >= 0.6 is 22.6 Å². The first-order valence-corrected chi connectivity index (χ1v) is 4.20. The van der Waals surface area contributed by atoms with Crippen LogP contribution in [0.25, 0.3) is 0 Å². The van der Waals surface area contributed by atoms with Crippen molar-refractivity contribution in [1.82, 2.24) is 0 Å². The molecule has 0 atom stereocenters. The van der Waals surface area contributed by atoms with Gasteiger partial charge in [0.05, 0.1) is 0 Å². The van der Waals surface area contributed by atoms with Crippen LogP contribution in [0.5, 0.6) is 0 Å². The average Bonchev–Trinajstić information content (AvgIpc) is 0.722. The second kappa shape index (κ2) is 2.00. The van der Waals surface area contributed by atoms with Crippen LogP contribution in [0.2, 0.25) is 0 Å². The van der Waals surface area contributed by atoms with Crippen molar-refractivity contribution >= 4 is 45.1 Å². The van der Waals surface area contributed by atoms with Crippen LogP contribution in [0.1, 0.15) is 13.8 Å². The van der Waals surface area contributed by atoms with E-state index in [-0.39, 0.29) is 0 Å². The van der Waals surface area contributed by atoms with Gasteiger partial charge in [0, 0.05) is 0 Å². The van der Waals surface area contributed by atoms with Crippen LogP contribution in [0.15, 0.2) is 0 Å². The van der Waals surface area contributed by atoms with Gasteiger partial charge >= 0.3 is 60.4 Å². The van der Waals surface area contributed by atoms with Gasteiger partial charge in [-0.05, 0) is 0 Å². The third kappa shape index (κ3) is 29.5.